The molecule has 0 aliphatic carbocycles. The Morgan fingerprint density at radius 3 is 1.17 bits per heavy atom. The number of rotatable bonds is 0. The predicted octanol–water partition coefficient (Wildman–Crippen LogP) is 1.86. The normalized spacial score (nSPS) is 10.0. The quantitative estimate of drug-likeness (QED) is 0.454. The minimum absolute atomic E-state index is 0. The summed E-state index contributed by atoms with van der Waals surface area (Å²) in [6.45, 7) is 10.0. The van der Waals surface area contributed by atoms with Gasteiger partial charge in [0.15, 0.2) is 0 Å². The molecule has 0 unspecified atom stereocenters. The summed E-state index contributed by atoms with van der Waals surface area (Å²) < 4.78 is 0. The van der Waals surface area contributed by atoms with Crippen LogP contribution >= 0.6 is 0 Å². The second-order valence-corrected chi connectivity index (χ2v) is 2.56. The first-order valence-corrected chi connectivity index (χ1v) is 1.85. The number of hydrogen-bond acceptors (Lipinski definition) is 0. The molecule has 1 heteroatoms. The van der Waals surface area contributed by atoms with Crippen molar-refractivity contribution in [2.24, 2.45) is 5.41 Å². The molecule has 0 heterocycles. The van der Waals surface area contributed by atoms with Crippen LogP contribution in [-0.2, 0) is 25.8 Å². The summed E-state index contributed by atoms with van der Waals surface area (Å²) in [6, 6.07) is 0. The molecule has 0 bridgehead atoms. The molecule has 0 N–H and O–H groups in total. The van der Waals surface area contributed by atoms with Crippen LogP contribution in [0, 0.1) is 12.3 Å². The van der Waals surface area contributed by atoms with Gasteiger partial charge in [-0.2, -0.15) is 5.41 Å². The van der Waals surface area contributed by atoms with E-state index in [-0.39, 0.29) is 31.3 Å². The Labute approximate surface area is 59.1 Å². The molecular weight excluding hydrogens is 239 g/mol. The third kappa shape index (κ3) is 96.3. The third-order valence-electron chi connectivity index (χ3n) is 0. The molecule has 6 heavy (non-hydrogen) atoms. The molecule has 0 aromatic rings. The molecule has 0 fully saturated rings. The Balaban J connectivity index is 0. The van der Waals surface area contributed by atoms with Crippen molar-refractivity contribution in [1.82, 2.24) is 0 Å². The summed E-state index contributed by atoms with van der Waals surface area (Å²) in [5, 5.41) is 0. The first-order chi connectivity index (χ1) is 2.00. The Bertz CT molecular complexity index is 19.4. The molecule has 0 aromatic carbocycles. The van der Waals surface area contributed by atoms with Gasteiger partial charge in [0.05, 0.1) is 0 Å². The van der Waals surface area contributed by atoms with Gasteiger partial charge in [0.1, 0.15) is 0 Å². The first kappa shape index (κ1) is 9.98. The van der Waals surface area contributed by atoms with Gasteiger partial charge in [0.25, 0.3) is 0 Å². The van der Waals surface area contributed by atoms with Crippen molar-refractivity contribution in [2.45, 2.75) is 20.8 Å². The fourth-order valence-electron chi connectivity index (χ4n) is 0. The topological polar surface area (TPSA) is 0 Å². The maximum atomic E-state index is 3.77. The largest absolute Gasteiger partial charge is 0.338 e. The van der Waals surface area contributed by atoms with Gasteiger partial charge < -0.3 is 6.92 Å². The fraction of sp³-hybridized carbons (Fsp3) is 0.800. The first-order valence-electron chi connectivity index (χ1n) is 1.85. The van der Waals surface area contributed by atoms with E-state index in [1.165, 1.54) is 0 Å². The average Bonchev–Trinajstić information content (AvgIpc) is 0.722. The van der Waals surface area contributed by atoms with Crippen LogP contribution in [0.25, 0.3) is 0 Å². The second-order valence-electron chi connectivity index (χ2n) is 2.56. The summed E-state index contributed by atoms with van der Waals surface area (Å²) >= 11 is 0. The van der Waals surface area contributed by atoms with Crippen LogP contribution in [0.15, 0.2) is 0 Å². The van der Waals surface area contributed by atoms with E-state index in [0.29, 0.717) is 0 Å². The SMILES string of the molecule is [CH2-]C(C)(C)C.[Hf]. The van der Waals surface area contributed by atoms with Crippen molar-refractivity contribution in [3.05, 3.63) is 6.92 Å². The number of hydrogen-bond donors (Lipinski definition) is 0. The van der Waals surface area contributed by atoms with Gasteiger partial charge in [-0.15, -0.1) is 0 Å². The molecule has 0 rings (SSSR count). The molecule has 0 aliphatic heterocycles. The van der Waals surface area contributed by atoms with E-state index in [9.17, 15) is 0 Å². The van der Waals surface area contributed by atoms with Crippen molar-refractivity contribution in [3.8, 4) is 0 Å². The van der Waals surface area contributed by atoms with Crippen LogP contribution in [0.2, 0.25) is 0 Å². The zero-order valence-corrected chi connectivity index (χ0v) is 8.30. The van der Waals surface area contributed by atoms with Gasteiger partial charge in [0, 0.05) is 25.8 Å². The zero-order chi connectivity index (χ0) is 4.50. The summed E-state index contributed by atoms with van der Waals surface area (Å²) in [7, 11) is 0. The summed E-state index contributed by atoms with van der Waals surface area (Å²) in [4.78, 5) is 0. The molecular formula is C5H11Hf-. The van der Waals surface area contributed by atoms with Gasteiger partial charge in [0.2, 0.25) is 0 Å². The molecule has 0 spiro atoms. The van der Waals surface area contributed by atoms with Crippen molar-refractivity contribution in [1.29, 1.82) is 0 Å². The van der Waals surface area contributed by atoms with Gasteiger partial charge in [-0.3, -0.25) is 0 Å². The molecule has 0 saturated heterocycles. The monoisotopic (exact) mass is 251 g/mol. The van der Waals surface area contributed by atoms with Gasteiger partial charge in [-0.05, 0) is 0 Å². The molecule has 0 radical (unpaired) electrons. The molecule has 0 amide bonds. The van der Waals surface area contributed by atoms with Gasteiger partial charge in [-0.1, -0.05) is 20.8 Å². The Kier molecular flexibility index (Phi) is 4.91. The predicted molar refractivity (Wildman–Crippen MR) is 24.8 cm³/mol. The van der Waals surface area contributed by atoms with Crippen molar-refractivity contribution >= 4 is 0 Å². The molecule has 0 aliphatic rings. The smallest absolute Gasteiger partial charge is 0 e. The Morgan fingerprint density at radius 1 is 1.17 bits per heavy atom. The van der Waals surface area contributed by atoms with E-state index in [0.717, 1.165) is 0 Å². The summed E-state index contributed by atoms with van der Waals surface area (Å²) in [5.74, 6) is 0. The van der Waals surface area contributed by atoms with Crippen molar-refractivity contribution in [2.75, 3.05) is 0 Å². The fourth-order valence-corrected chi connectivity index (χ4v) is 0. The standard InChI is InChI=1S/C5H11.Hf/c1-5(2,3)4;/h1H2,2-4H3;/q-1;. The van der Waals surface area contributed by atoms with E-state index >= 15 is 0 Å². The maximum Gasteiger partial charge on any atom is 0 e. The maximum absolute atomic E-state index is 3.77. The van der Waals surface area contributed by atoms with E-state index in [2.05, 4.69) is 27.7 Å². The zero-order valence-electron chi connectivity index (χ0n) is 4.71. The minimum atomic E-state index is 0. The van der Waals surface area contributed by atoms with Crippen LogP contribution in [0.3, 0.4) is 0 Å². The van der Waals surface area contributed by atoms with Crippen LogP contribution < -0.4 is 0 Å². The minimum Gasteiger partial charge on any atom is -0.338 e. The molecule has 0 atom stereocenters. The van der Waals surface area contributed by atoms with Gasteiger partial charge in [-0.25, -0.2) is 0 Å². The second kappa shape index (κ2) is 2.95. The van der Waals surface area contributed by atoms with E-state index in [4.69, 9.17) is 0 Å². The van der Waals surface area contributed by atoms with Gasteiger partial charge >= 0.3 is 0 Å². The van der Waals surface area contributed by atoms with E-state index in [1.807, 2.05) is 0 Å². The average molecular weight is 250 g/mol. The third-order valence-corrected chi connectivity index (χ3v) is 0. The molecule has 0 saturated carbocycles. The van der Waals surface area contributed by atoms with Crippen LogP contribution in [0.4, 0.5) is 0 Å². The van der Waals surface area contributed by atoms with E-state index < -0.39 is 0 Å². The Morgan fingerprint density at radius 2 is 1.17 bits per heavy atom. The molecule has 0 aromatic heterocycles. The van der Waals surface area contributed by atoms with Crippen LogP contribution in [0.1, 0.15) is 20.8 Å². The summed E-state index contributed by atoms with van der Waals surface area (Å²) in [5.41, 5.74) is 0.250. The molecule has 0 nitrogen and oxygen atoms in total. The van der Waals surface area contributed by atoms with Crippen LogP contribution in [0.5, 0.6) is 0 Å². The van der Waals surface area contributed by atoms with Crippen LogP contribution in [-0.4, -0.2) is 0 Å². The van der Waals surface area contributed by atoms with E-state index in [1.54, 1.807) is 0 Å². The Hall–Kier alpha value is 0.870. The van der Waals surface area contributed by atoms with Crippen molar-refractivity contribution in [3.63, 3.8) is 0 Å². The van der Waals surface area contributed by atoms with Crippen molar-refractivity contribution < 1.29 is 25.8 Å². The molecule has 36 valence electrons. The summed E-state index contributed by atoms with van der Waals surface area (Å²) in [6.07, 6.45) is 0.